The highest BCUT2D eigenvalue weighted by atomic mass is 16.2. The lowest BCUT2D eigenvalue weighted by Crippen LogP contribution is -2.44. The molecule has 0 heterocycles. The Balaban J connectivity index is 2.63. The van der Waals surface area contributed by atoms with Gasteiger partial charge in [0.2, 0.25) is 5.91 Å². The number of benzene rings is 1. The molecule has 6 nitrogen and oxygen atoms in total. The predicted octanol–water partition coefficient (Wildman–Crippen LogP) is 1.74. The first-order chi connectivity index (χ1) is 9.93. The molecule has 2 unspecified atom stereocenters. The SMILES string of the molecule is CCCNC(C)c1cccc(NC(=O)NC(C)C(N)=O)c1. The summed E-state index contributed by atoms with van der Waals surface area (Å²) < 4.78 is 0. The minimum Gasteiger partial charge on any atom is -0.368 e. The summed E-state index contributed by atoms with van der Waals surface area (Å²) in [5.74, 6) is -0.573. The maximum Gasteiger partial charge on any atom is 0.319 e. The molecule has 2 atom stereocenters. The summed E-state index contributed by atoms with van der Waals surface area (Å²) in [5, 5.41) is 8.55. The fourth-order valence-electron chi connectivity index (χ4n) is 1.80. The smallest absolute Gasteiger partial charge is 0.319 e. The van der Waals surface area contributed by atoms with Crippen LogP contribution < -0.4 is 21.7 Å². The van der Waals surface area contributed by atoms with Crippen molar-refractivity contribution in [3.63, 3.8) is 0 Å². The third-order valence-electron chi connectivity index (χ3n) is 3.12. The van der Waals surface area contributed by atoms with Gasteiger partial charge in [-0.2, -0.15) is 0 Å². The van der Waals surface area contributed by atoms with Gasteiger partial charge in [0.05, 0.1) is 0 Å². The Kier molecular flexibility index (Phi) is 6.68. The van der Waals surface area contributed by atoms with Crippen LogP contribution in [0.15, 0.2) is 24.3 Å². The van der Waals surface area contributed by atoms with Crippen molar-refractivity contribution in [2.24, 2.45) is 5.73 Å². The minimum absolute atomic E-state index is 0.208. The van der Waals surface area contributed by atoms with E-state index in [1.165, 1.54) is 6.92 Å². The zero-order chi connectivity index (χ0) is 15.8. The van der Waals surface area contributed by atoms with Crippen LogP contribution in [-0.4, -0.2) is 24.5 Å². The summed E-state index contributed by atoms with van der Waals surface area (Å²) >= 11 is 0. The molecular weight excluding hydrogens is 268 g/mol. The van der Waals surface area contributed by atoms with Gasteiger partial charge in [0.25, 0.3) is 0 Å². The number of amides is 3. The number of primary amides is 1. The molecule has 0 bridgehead atoms. The largest absolute Gasteiger partial charge is 0.368 e. The zero-order valence-corrected chi connectivity index (χ0v) is 12.8. The van der Waals surface area contributed by atoms with Gasteiger partial charge in [-0.15, -0.1) is 0 Å². The molecule has 1 aromatic carbocycles. The molecule has 0 spiro atoms. The van der Waals surface area contributed by atoms with Crippen molar-refractivity contribution in [2.45, 2.75) is 39.3 Å². The van der Waals surface area contributed by atoms with Crippen LogP contribution in [0.25, 0.3) is 0 Å². The standard InChI is InChI=1S/C15H24N4O2/c1-4-8-17-10(2)12-6-5-7-13(9-12)19-15(21)18-11(3)14(16)20/h5-7,9-11,17H,4,8H2,1-3H3,(H2,16,20)(H2,18,19,21). The third-order valence-corrected chi connectivity index (χ3v) is 3.12. The van der Waals surface area contributed by atoms with Gasteiger partial charge in [0.1, 0.15) is 6.04 Å². The Hall–Kier alpha value is -2.08. The first kappa shape index (κ1) is 17.0. The quantitative estimate of drug-likeness (QED) is 0.616. The van der Waals surface area contributed by atoms with Crippen LogP contribution in [0.2, 0.25) is 0 Å². The van der Waals surface area contributed by atoms with Gasteiger partial charge >= 0.3 is 6.03 Å². The lowest BCUT2D eigenvalue weighted by molar-refractivity contribution is -0.119. The van der Waals surface area contributed by atoms with Gasteiger partial charge in [0.15, 0.2) is 0 Å². The Morgan fingerprint density at radius 1 is 1.29 bits per heavy atom. The van der Waals surface area contributed by atoms with Crippen LogP contribution in [0.5, 0.6) is 0 Å². The molecule has 0 aliphatic heterocycles. The molecule has 0 aromatic heterocycles. The number of carbonyl (C=O) groups excluding carboxylic acids is 2. The van der Waals surface area contributed by atoms with Gasteiger partial charge in [0, 0.05) is 11.7 Å². The summed E-state index contributed by atoms with van der Waals surface area (Å²) in [6.45, 7) is 6.66. The van der Waals surface area contributed by atoms with Crippen LogP contribution >= 0.6 is 0 Å². The molecular formula is C15H24N4O2. The molecule has 0 aliphatic rings. The van der Waals surface area contributed by atoms with Gasteiger partial charge in [-0.3, -0.25) is 4.79 Å². The molecule has 6 heteroatoms. The van der Waals surface area contributed by atoms with E-state index in [9.17, 15) is 9.59 Å². The van der Waals surface area contributed by atoms with Crippen molar-refractivity contribution in [3.05, 3.63) is 29.8 Å². The summed E-state index contributed by atoms with van der Waals surface area (Å²) in [6, 6.07) is 6.63. The fourth-order valence-corrected chi connectivity index (χ4v) is 1.80. The number of urea groups is 1. The Morgan fingerprint density at radius 2 is 2.00 bits per heavy atom. The van der Waals surface area contributed by atoms with E-state index in [4.69, 9.17) is 5.73 Å². The van der Waals surface area contributed by atoms with Crippen molar-refractivity contribution in [1.82, 2.24) is 10.6 Å². The molecule has 5 N–H and O–H groups in total. The Bertz CT molecular complexity index is 490. The molecule has 1 rings (SSSR count). The summed E-state index contributed by atoms with van der Waals surface area (Å²) in [4.78, 5) is 22.6. The second kappa shape index (κ2) is 8.26. The van der Waals surface area contributed by atoms with E-state index >= 15 is 0 Å². The highest BCUT2D eigenvalue weighted by Crippen LogP contribution is 2.17. The maximum atomic E-state index is 11.7. The van der Waals surface area contributed by atoms with Crippen molar-refractivity contribution in [1.29, 1.82) is 0 Å². The van der Waals surface area contributed by atoms with Crippen molar-refractivity contribution in [2.75, 3.05) is 11.9 Å². The van der Waals surface area contributed by atoms with E-state index < -0.39 is 18.0 Å². The van der Waals surface area contributed by atoms with Gasteiger partial charge < -0.3 is 21.7 Å². The number of hydrogen-bond donors (Lipinski definition) is 4. The molecule has 0 radical (unpaired) electrons. The van der Waals surface area contributed by atoms with E-state index in [1.807, 2.05) is 18.2 Å². The lowest BCUT2D eigenvalue weighted by Gasteiger charge is -2.16. The van der Waals surface area contributed by atoms with Crippen LogP contribution in [0.3, 0.4) is 0 Å². The van der Waals surface area contributed by atoms with Crippen LogP contribution in [0.4, 0.5) is 10.5 Å². The summed E-state index contributed by atoms with van der Waals surface area (Å²) in [5.41, 5.74) is 6.86. The Labute approximate surface area is 125 Å². The van der Waals surface area contributed by atoms with Gasteiger partial charge in [-0.1, -0.05) is 19.1 Å². The predicted molar refractivity (Wildman–Crippen MR) is 84.0 cm³/mol. The zero-order valence-electron chi connectivity index (χ0n) is 12.8. The summed E-state index contributed by atoms with van der Waals surface area (Å²) in [7, 11) is 0. The second-order valence-corrected chi connectivity index (χ2v) is 5.02. The fraction of sp³-hybridized carbons (Fsp3) is 0.467. The first-order valence-corrected chi connectivity index (χ1v) is 7.14. The van der Waals surface area contributed by atoms with E-state index in [0.29, 0.717) is 5.69 Å². The number of rotatable bonds is 7. The molecule has 0 saturated carbocycles. The topological polar surface area (TPSA) is 96.2 Å². The van der Waals surface area contributed by atoms with E-state index in [2.05, 4.69) is 29.8 Å². The number of nitrogens with one attached hydrogen (secondary N) is 3. The molecule has 21 heavy (non-hydrogen) atoms. The highest BCUT2D eigenvalue weighted by molar-refractivity contribution is 5.93. The Morgan fingerprint density at radius 3 is 2.62 bits per heavy atom. The molecule has 0 fully saturated rings. The lowest BCUT2D eigenvalue weighted by atomic mass is 10.1. The van der Waals surface area contributed by atoms with Crippen LogP contribution in [-0.2, 0) is 4.79 Å². The van der Waals surface area contributed by atoms with Gasteiger partial charge in [-0.25, -0.2) is 4.79 Å². The van der Waals surface area contributed by atoms with E-state index in [-0.39, 0.29) is 6.04 Å². The molecule has 116 valence electrons. The number of nitrogens with two attached hydrogens (primary N) is 1. The third kappa shape index (κ3) is 5.83. The minimum atomic E-state index is -0.710. The molecule has 0 aliphatic carbocycles. The van der Waals surface area contributed by atoms with E-state index in [0.717, 1.165) is 18.5 Å². The average Bonchev–Trinajstić information content (AvgIpc) is 2.44. The second-order valence-electron chi connectivity index (χ2n) is 5.02. The van der Waals surface area contributed by atoms with Crippen molar-refractivity contribution >= 4 is 17.6 Å². The maximum absolute atomic E-state index is 11.7. The number of anilines is 1. The summed E-state index contributed by atoms with van der Waals surface area (Å²) in [6.07, 6.45) is 1.07. The van der Waals surface area contributed by atoms with Crippen LogP contribution in [0, 0.1) is 0 Å². The first-order valence-electron chi connectivity index (χ1n) is 7.14. The molecule has 1 aromatic rings. The van der Waals surface area contributed by atoms with Crippen LogP contribution in [0.1, 0.15) is 38.8 Å². The van der Waals surface area contributed by atoms with E-state index in [1.54, 1.807) is 6.07 Å². The number of hydrogen-bond acceptors (Lipinski definition) is 3. The monoisotopic (exact) mass is 292 g/mol. The molecule has 0 saturated heterocycles. The molecule has 3 amide bonds. The highest BCUT2D eigenvalue weighted by Gasteiger charge is 2.12. The van der Waals surface area contributed by atoms with Crippen molar-refractivity contribution < 1.29 is 9.59 Å². The van der Waals surface area contributed by atoms with Crippen molar-refractivity contribution in [3.8, 4) is 0 Å². The normalized spacial score (nSPS) is 13.3. The number of carbonyl (C=O) groups is 2. The average molecular weight is 292 g/mol. The van der Waals surface area contributed by atoms with Gasteiger partial charge in [-0.05, 0) is 44.5 Å².